The summed E-state index contributed by atoms with van der Waals surface area (Å²) in [5.41, 5.74) is 4.23. The summed E-state index contributed by atoms with van der Waals surface area (Å²) in [7, 11) is 0. The van der Waals surface area contributed by atoms with Gasteiger partial charge in [-0.15, -0.1) is 0 Å². The maximum absolute atomic E-state index is 5.21. The van der Waals surface area contributed by atoms with Crippen LogP contribution in [0.2, 0.25) is 0 Å². The average molecular weight is 216 g/mol. The first kappa shape index (κ1) is 10.9. The molecule has 0 unspecified atom stereocenters. The van der Waals surface area contributed by atoms with Gasteiger partial charge in [-0.25, -0.2) is 0 Å². The molecule has 0 saturated heterocycles. The fraction of sp³-hybridized carbons (Fsp3) is 0.385. The van der Waals surface area contributed by atoms with Crippen molar-refractivity contribution in [3.63, 3.8) is 0 Å². The van der Waals surface area contributed by atoms with E-state index in [0.717, 1.165) is 28.3 Å². The Hall–Kier alpha value is -1.64. The fourth-order valence-electron chi connectivity index (χ4n) is 1.96. The molecule has 3 nitrogen and oxygen atoms in total. The van der Waals surface area contributed by atoms with Crippen molar-refractivity contribution < 1.29 is 4.52 Å². The van der Waals surface area contributed by atoms with Gasteiger partial charge in [-0.1, -0.05) is 25.1 Å². The van der Waals surface area contributed by atoms with Gasteiger partial charge < -0.3 is 4.52 Å². The molecule has 0 spiro atoms. The molecular formula is C13H16N2O. The minimum atomic E-state index is 0.393. The van der Waals surface area contributed by atoms with Gasteiger partial charge in [0.15, 0.2) is 0 Å². The second kappa shape index (κ2) is 4.08. The predicted octanol–water partition coefficient (Wildman–Crippen LogP) is 3.48. The molecule has 0 aliphatic rings. The maximum Gasteiger partial charge on any atom is 0.141 e. The Morgan fingerprint density at radius 3 is 2.56 bits per heavy atom. The van der Waals surface area contributed by atoms with Gasteiger partial charge >= 0.3 is 0 Å². The van der Waals surface area contributed by atoms with E-state index in [-0.39, 0.29) is 0 Å². The molecule has 2 rings (SSSR count). The van der Waals surface area contributed by atoms with Gasteiger partial charge in [0, 0.05) is 17.3 Å². The summed E-state index contributed by atoms with van der Waals surface area (Å²) in [4.78, 5) is 4.45. The van der Waals surface area contributed by atoms with E-state index >= 15 is 0 Å². The van der Waals surface area contributed by atoms with Gasteiger partial charge in [0.2, 0.25) is 0 Å². The third-order valence-corrected chi connectivity index (χ3v) is 2.69. The zero-order valence-electron chi connectivity index (χ0n) is 10.1. The molecule has 0 saturated carbocycles. The summed E-state index contributed by atoms with van der Waals surface area (Å²) in [6.07, 6.45) is 1.83. The van der Waals surface area contributed by atoms with Crippen molar-refractivity contribution in [2.45, 2.75) is 33.6 Å². The molecule has 2 aromatic heterocycles. The van der Waals surface area contributed by atoms with Crippen LogP contribution in [0.15, 0.2) is 22.9 Å². The van der Waals surface area contributed by atoms with E-state index in [1.807, 2.05) is 26.1 Å². The van der Waals surface area contributed by atoms with E-state index in [9.17, 15) is 0 Å². The first-order chi connectivity index (χ1) is 7.61. The normalized spacial score (nSPS) is 11.1. The topological polar surface area (TPSA) is 38.9 Å². The van der Waals surface area contributed by atoms with Crippen LogP contribution in [0.25, 0.3) is 11.1 Å². The lowest BCUT2D eigenvalue weighted by Crippen LogP contribution is -1.97. The zero-order valence-corrected chi connectivity index (χ0v) is 10.1. The highest BCUT2D eigenvalue weighted by atomic mass is 16.5. The molecule has 0 radical (unpaired) electrons. The highest BCUT2D eigenvalue weighted by molar-refractivity contribution is 5.70. The van der Waals surface area contributed by atoms with Crippen LogP contribution in [-0.2, 0) is 0 Å². The largest absolute Gasteiger partial charge is 0.361 e. The van der Waals surface area contributed by atoms with Gasteiger partial charge in [0.1, 0.15) is 5.76 Å². The predicted molar refractivity (Wildman–Crippen MR) is 63.3 cm³/mol. The molecule has 0 aliphatic carbocycles. The lowest BCUT2D eigenvalue weighted by Gasteiger charge is -2.10. The number of pyridine rings is 1. The third kappa shape index (κ3) is 1.73. The number of nitrogens with zero attached hydrogens (tertiary/aromatic N) is 2. The minimum absolute atomic E-state index is 0.393. The standard InChI is InChI=1S/C13H16N2O/c1-8(2)13-11(6-5-7-14-13)12-9(3)15-16-10(12)4/h5-8H,1-4H3. The fourth-order valence-corrected chi connectivity index (χ4v) is 1.96. The van der Waals surface area contributed by atoms with Crippen LogP contribution >= 0.6 is 0 Å². The van der Waals surface area contributed by atoms with Crippen molar-refractivity contribution in [1.29, 1.82) is 0 Å². The second-order valence-corrected chi connectivity index (χ2v) is 4.29. The van der Waals surface area contributed by atoms with Gasteiger partial charge in [-0.2, -0.15) is 0 Å². The van der Waals surface area contributed by atoms with Crippen molar-refractivity contribution in [3.05, 3.63) is 35.5 Å². The van der Waals surface area contributed by atoms with Gasteiger partial charge in [-0.05, 0) is 25.8 Å². The molecule has 16 heavy (non-hydrogen) atoms. The van der Waals surface area contributed by atoms with Crippen molar-refractivity contribution in [1.82, 2.24) is 10.1 Å². The first-order valence-electron chi connectivity index (χ1n) is 5.49. The van der Waals surface area contributed by atoms with E-state index in [4.69, 9.17) is 4.52 Å². The second-order valence-electron chi connectivity index (χ2n) is 4.29. The van der Waals surface area contributed by atoms with E-state index in [2.05, 4.69) is 30.1 Å². The molecule has 2 aromatic rings. The summed E-state index contributed by atoms with van der Waals surface area (Å²) in [5, 5.41) is 3.99. The van der Waals surface area contributed by atoms with Crippen LogP contribution in [0.5, 0.6) is 0 Å². The van der Waals surface area contributed by atoms with Crippen molar-refractivity contribution >= 4 is 0 Å². The molecule has 0 bridgehead atoms. The Morgan fingerprint density at radius 1 is 1.25 bits per heavy atom. The zero-order chi connectivity index (χ0) is 11.7. The van der Waals surface area contributed by atoms with Gasteiger partial charge in [-0.3, -0.25) is 4.98 Å². The van der Waals surface area contributed by atoms with Crippen LogP contribution in [0, 0.1) is 13.8 Å². The van der Waals surface area contributed by atoms with E-state index in [0.29, 0.717) is 5.92 Å². The van der Waals surface area contributed by atoms with E-state index < -0.39 is 0 Å². The van der Waals surface area contributed by atoms with Crippen LogP contribution in [0.3, 0.4) is 0 Å². The van der Waals surface area contributed by atoms with Crippen molar-refractivity contribution in [2.24, 2.45) is 0 Å². The van der Waals surface area contributed by atoms with Crippen LogP contribution < -0.4 is 0 Å². The minimum Gasteiger partial charge on any atom is -0.361 e. The Bertz CT molecular complexity index is 481. The number of rotatable bonds is 2. The Labute approximate surface area is 95.5 Å². The highest BCUT2D eigenvalue weighted by Crippen LogP contribution is 2.31. The molecule has 84 valence electrons. The monoisotopic (exact) mass is 216 g/mol. The summed E-state index contributed by atoms with van der Waals surface area (Å²) in [5.74, 6) is 1.25. The molecule has 0 atom stereocenters. The SMILES string of the molecule is Cc1noc(C)c1-c1cccnc1C(C)C. The summed E-state index contributed by atoms with van der Waals surface area (Å²) >= 11 is 0. The molecule has 0 amide bonds. The highest BCUT2D eigenvalue weighted by Gasteiger charge is 2.16. The lowest BCUT2D eigenvalue weighted by atomic mass is 9.97. The maximum atomic E-state index is 5.21. The van der Waals surface area contributed by atoms with E-state index in [1.165, 1.54) is 0 Å². The van der Waals surface area contributed by atoms with Crippen molar-refractivity contribution in [2.75, 3.05) is 0 Å². The third-order valence-electron chi connectivity index (χ3n) is 2.69. The number of hydrogen-bond donors (Lipinski definition) is 0. The summed E-state index contributed by atoms with van der Waals surface area (Å²) in [6, 6.07) is 4.03. The smallest absolute Gasteiger partial charge is 0.141 e. The summed E-state index contributed by atoms with van der Waals surface area (Å²) < 4.78 is 5.21. The quantitative estimate of drug-likeness (QED) is 0.771. The Balaban J connectivity index is 2.64. The van der Waals surface area contributed by atoms with Crippen LogP contribution in [-0.4, -0.2) is 10.1 Å². The molecule has 0 N–H and O–H groups in total. The van der Waals surface area contributed by atoms with Gasteiger partial charge in [0.25, 0.3) is 0 Å². The number of hydrogen-bond acceptors (Lipinski definition) is 3. The molecule has 0 aromatic carbocycles. The number of aromatic nitrogens is 2. The molecule has 3 heteroatoms. The number of aryl methyl sites for hydroxylation is 2. The Morgan fingerprint density at radius 2 is 2.00 bits per heavy atom. The molecule has 2 heterocycles. The molecule has 0 fully saturated rings. The lowest BCUT2D eigenvalue weighted by molar-refractivity contribution is 0.393. The van der Waals surface area contributed by atoms with Crippen molar-refractivity contribution in [3.8, 4) is 11.1 Å². The Kier molecular flexibility index (Phi) is 2.77. The molecular weight excluding hydrogens is 200 g/mol. The molecule has 0 aliphatic heterocycles. The first-order valence-corrected chi connectivity index (χ1v) is 5.49. The van der Waals surface area contributed by atoms with Gasteiger partial charge in [0.05, 0.1) is 11.4 Å². The average Bonchev–Trinajstić information content (AvgIpc) is 2.58. The van der Waals surface area contributed by atoms with Crippen LogP contribution in [0.4, 0.5) is 0 Å². The summed E-state index contributed by atoms with van der Waals surface area (Å²) in [6.45, 7) is 8.18. The van der Waals surface area contributed by atoms with Crippen LogP contribution in [0.1, 0.15) is 36.9 Å². The van der Waals surface area contributed by atoms with E-state index in [1.54, 1.807) is 0 Å².